The van der Waals surface area contributed by atoms with E-state index < -0.39 is 25.9 Å². The Hall–Kier alpha value is -1.44. The van der Waals surface area contributed by atoms with Crippen LogP contribution in [0.5, 0.6) is 0 Å². The highest BCUT2D eigenvalue weighted by Crippen LogP contribution is 2.26. The number of benzene rings is 2. The first-order valence-corrected chi connectivity index (χ1v) is 10.8. The zero-order valence-electron chi connectivity index (χ0n) is 12.8. The minimum Gasteiger partial charge on any atom is -0.229 e. The topological polar surface area (TPSA) is 71.5 Å². The Morgan fingerprint density at radius 3 is 2.43 bits per heavy atom. The van der Waals surface area contributed by atoms with Crippen molar-refractivity contribution in [1.82, 2.24) is 4.31 Å². The number of hydrogen-bond donors (Lipinski definition) is 0. The van der Waals surface area contributed by atoms with E-state index in [0.29, 0.717) is 6.42 Å². The normalized spacial score (nSPS) is 21.0. The lowest BCUT2D eigenvalue weighted by atomic mass is 10.1. The molecule has 0 aromatic heterocycles. The average Bonchev–Trinajstić information content (AvgIpc) is 2.87. The number of sulfonamides is 1. The highest BCUT2D eigenvalue weighted by atomic mass is 32.2. The zero-order chi connectivity index (χ0) is 16.7. The lowest BCUT2D eigenvalue weighted by Gasteiger charge is -2.26. The molecule has 0 aliphatic carbocycles. The Balaban J connectivity index is 2.00. The van der Waals surface area contributed by atoms with Crippen LogP contribution in [0.3, 0.4) is 0 Å². The van der Waals surface area contributed by atoms with E-state index in [1.54, 1.807) is 25.1 Å². The van der Waals surface area contributed by atoms with Gasteiger partial charge < -0.3 is 0 Å². The lowest BCUT2D eigenvalue weighted by Crippen LogP contribution is -2.40. The molecule has 3 rings (SSSR count). The van der Waals surface area contributed by atoms with Gasteiger partial charge in [-0.2, -0.15) is 4.31 Å². The Morgan fingerprint density at radius 2 is 1.83 bits per heavy atom. The zero-order valence-corrected chi connectivity index (χ0v) is 14.5. The molecule has 1 atom stereocenters. The molecule has 1 aliphatic heterocycles. The molecule has 0 saturated carbocycles. The molecule has 0 amide bonds. The van der Waals surface area contributed by atoms with Crippen LogP contribution in [0.1, 0.15) is 13.3 Å². The predicted octanol–water partition coefficient (Wildman–Crippen LogP) is 2.04. The van der Waals surface area contributed by atoms with Crippen LogP contribution in [-0.2, 0) is 19.9 Å². The molecule has 1 fully saturated rings. The second-order valence-corrected chi connectivity index (χ2v) is 9.89. The van der Waals surface area contributed by atoms with Gasteiger partial charge in [-0.3, -0.25) is 0 Å². The molecule has 2 aromatic rings. The van der Waals surface area contributed by atoms with Crippen molar-refractivity contribution < 1.29 is 16.8 Å². The molecule has 0 bridgehead atoms. The van der Waals surface area contributed by atoms with E-state index in [9.17, 15) is 16.8 Å². The van der Waals surface area contributed by atoms with Crippen LogP contribution in [0.2, 0.25) is 0 Å². The van der Waals surface area contributed by atoms with Gasteiger partial charge in [0, 0.05) is 12.6 Å². The predicted molar refractivity (Wildman–Crippen MR) is 90.6 cm³/mol. The fourth-order valence-electron chi connectivity index (χ4n) is 3.09. The molecule has 5 nitrogen and oxygen atoms in total. The van der Waals surface area contributed by atoms with Gasteiger partial charge in [-0.05, 0) is 29.3 Å². The minimum atomic E-state index is -3.71. The lowest BCUT2D eigenvalue weighted by molar-refractivity contribution is 0.354. The maximum Gasteiger partial charge on any atom is 0.243 e. The smallest absolute Gasteiger partial charge is 0.229 e. The van der Waals surface area contributed by atoms with E-state index >= 15 is 0 Å². The summed E-state index contributed by atoms with van der Waals surface area (Å²) in [5, 5.41) is 1.82. The first-order valence-electron chi connectivity index (χ1n) is 7.54. The van der Waals surface area contributed by atoms with Gasteiger partial charge in [0.15, 0.2) is 9.84 Å². The second-order valence-electron chi connectivity index (χ2n) is 5.77. The molecule has 23 heavy (non-hydrogen) atoms. The summed E-state index contributed by atoms with van der Waals surface area (Å²) < 4.78 is 50.5. The van der Waals surface area contributed by atoms with Crippen molar-refractivity contribution in [3.05, 3.63) is 42.5 Å². The van der Waals surface area contributed by atoms with Gasteiger partial charge in [0.05, 0.1) is 16.4 Å². The summed E-state index contributed by atoms with van der Waals surface area (Å²) in [5.74, 6) is -0.0327. The number of hydrogen-bond acceptors (Lipinski definition) is 4. The third-order valence-electron chi connectivity index (χ3n) is 4.25. The Kier molecular flexibility index (Phi) is 4.20. The highest BCUT2D eigenvalue weighted by Gasteiger charge is 2.37. The van der Waals surface area contributed by atoms with Crippen LogP contribution < -0.4 is 0 Å². The molecule has 1 saturated heterocycles. The summed E-state index contributed by atoms with van der Waals surface area (Å²) in [7, 11) is -6.84. The minimum absolute atomic E-state index is 0.0570. The van der Waals surface area contributed by atoms with E-state index in [0.717, 1.165) is 10.8 Å². The molecule has 1 heterocycles. The Bertz CT molecular complexity index is 935. The highest BCUT2D eigenvalue weighted by molar-refractivity contribution is 7.92. The molecular weight excluding hydrogens is 334 g/mol. The summed E-state index contributed by atoms with van der Waals surface area (Å²) >= 11 is 0. The number of rotatable bonds is 4. The van der Waals surface area contributed by atoms with Crippen LogP contribution in [-0.4, -0.2) is 45.2 Å². The fraction of sp³-hybridized carbons (Fsp3) is 0.375. The van der Waals surface area contributed by atoms with Crippen LogP contribution in [0, 0.1) is 0 Å². The number of fused-ring (bicyclic) bond motifs is 1. The summed E-state index contributed by atoms with van der Waals surface area (Å²) in [5.41, 5.74) is 0. The third-order valence-corrected chi connectivity index (χ3v) is 8.03. The van der Waals surface area contributed by atoms with E-state index in [2.05, 4.69) is 0 Å². The molecule has 0 radical (unpaired) electrons. The van der Waals surface area contributed by atoms with Crippen LogP contribution in [0.15, 0.2) is 47.4 Å². The SMILES string of the molecule is CCN([C@H]1CCS(=O)(=O)C1)S(=O)(=O)c1ccc2ccccc2c1. The summed E-state index contributed by atoms with van der Waals surface area (Å²) in [6.07, 6.45) is 0.364. The molecule has 0 unspecified atom stereocenters. The van der Waals surface area contributed by atoms with E-state index in [1.165, 1.54) is 4.31 Å². The van der Waals surface area contributed by atoms with E-state index in [4.69, 9.17) is 0 Å². The molecule has 124 valence electrons. The Morgan fingerprint density at radius 1 is 1.13 bits per heavy atom. The van der Waals surface area contributed by atoms with Gasteiger partial charge >= 0.3 is 0 Å². The second kappa shape index (κ2) is 5.89. The largest absolute Gasteiger partial charge is 0.243 e. The maximum atomic E-state index is 12.9. The van der Waals surface area contributed by atoms with Crippen LogP contribution in [0.25, 0.3) is 10.8 Å². The van der Waals surface area contributed by atoms with Gasteiger partial charge in [-0.15, -0.1) is 0 Å². The van der Waals surface area contributed by atoms with Crippen molar-refractivity contribution in [3.8, 4) is 0 Å². The summed E-state index contributed by atoms with van der Waals surface area (Å²) in [6.45, 7) is 2.00. The summed E-state index contributed by atoms with van der Waals surface area (Å²) in [6, 6.07) is 12.1. The molecular formula is C16H19NO4S2. The van der Waals surface area contributed by atoms with Crippen molar-refractivity contribution in [1.29, 1.82) is 0 Å². The molecule has 0 N–H and O–H groups in total. The van der Waals surface area contributed by atoms with Gasteiger partial charge in [-0.1, -0.05) is 37.3 Å². The first-order chi connectivity index (χ1) is 10.8. The Labute approximate surface area is 136 Å². The first kappa shape index (κ1) is 16.4. The molecule has 1 aliphatic rings. The third kappa shape index (κ3) is 3.13. The van der Waals surface area contributed by atoms with Gasteiger partial charge in [0.25, 0.3) is 0 Å². The van der Waals surface area contributed by atoms with Crippen molar-refractivity contribution in [2.45, 2.75) is 24.3 Å². The molecule has 7 heteroatoms. The number of nitrogens with zero attached hydrogens (tertiary/aromatic N) is 1. The van der Waals surface area contributed by atoms with Gasteiger partial charge in [0.2, 0.25) is 10.0 Å². The van der Waals surface area contributed by atoms with Crippen molar-refractivity contribution in [3.63, 3.8) is 0 Å². The van der Waals surface area contributed by atoms with Gasteiger partial charge in [0.1, 0.15) is 0 Å². The van der Waals surface area contributed by atoms with Crippen molar-refractivity contribution in [2.75, 3.05) is 18.1 Å². The monoisotopic (exact) mass is 353 g/mol. The fourth-order valence-corrected chi connectivity index (χ4v) is 6.61. The van der Waals surface area contributed by atoms with Crippen LogP contribution >= 0.6 is 0 Å². The molecule has 2 aromatic carbocycles. The van der Waals surface area contributed by atoms with Crippen molar-refractivity contribution in [2.24, 2.45) is 0 Å². The standard InChI is InChI=1S/C16H19NO4S2/c1-2-17(15-9-10-22(18,19)12-15)23(20,21)16-8-7-13-5-3-4-6-14(13)11-16/h3-8,11,15H,2,9-10,12H2,1H3/t15-/m0/s1. The van der Waals surface area contributed by atoms with Crippen LogP contribution in [0.4, 0.5) is 0 Å². The van der Waals surface area contributed by atoms with E-state index in [-0.39, 0.29) is 22.9 Å². The molecule has 0 spiro atoms. The number of sulfone groups is 1. The van der Waals surface area contributed by atoms with Crippen molar-refractivity contribution >= 4 is 30.6 Å². The van der Waals surface area contributed by atoms with Gasteiger partial charge in [-0.25, -0.2) is 16.8 Å². The quantitative estimate of drug-likeness (QED) is 0.843. The van der Waals surface area contributed by atoms with E-state index in [1.807, 2.05) is 24.3 Å². The maximum absolute atomic E-state index is 12.9. The average molecular weight is 353 g/mol. The summed E-state index contributed by atoms with van der Waals surface area (Å²) in [4.78, 5) is 0.211.